The van der Waals surface area contributed by atoms with Crippen LogP contribution in [0.15, 0.2) is 18.2 Å². The summed E-state index contributed by atoms with van der Waals surface area (Å²) in [6.07, 6.45) is 2.15. The van der Waals surface area contributed by atoms with Crippen LogP contribution in [-0.2, 0) is 4.43 Å². The van der Waals surface area contributed by atoms with Crippen LogP contribution < -0.4 is 5.32 Å². The van der Waals surface area contributed by atoms with Crippen LogP contribution in [0.4, 0.5) is 4.39 Å². The fourth-order valence-electron chi connectivity index (χ4n) is 5.27. The molecule has 1 aromatic rings. The molecule has 0 bridgehead atoms. The van der Waals surface area contributed by atoms with E-state index in [2.05, 4.69) is 39.9 Å². The SMILES string of the molecule is CC[Si](CC)(CC)OC(CN[C@H]1C[C@@H]2[C@H](C1)C2(C)C)c1c(F)cccc1Cl. The Morgan fingerprint density at radius 3 is 2.30 bits per heavy atom. The highest BCUT2D eigenvalue weighted by Crippen LogP contribution is 2.66. The minimum absolute atomic E-state index is 0.254. The number of rotatable bonds is 9. The van der Waals surface area contributed by atoms with Gasteiger partial charge in [0, 0.05) is 23.2 Å². The van der Waals surface area contributed by atoms with Gasteiger partial charge < -0.3 is 9.74 Å². The Bertz CT molecular complexity index is 621. The van der Waals surface area contributed by atoms with Gasteiger partial charge in [-0.25, -0.2) is 4.39 Å². The first-order valence-corrected chi connectivity index (χ1v) is 13.5. The minimum atomic E-state index is -1.88. The maximum absolute atomic E-state index is 14.7. The molecule has 0 aromatic heterocycles. The molecule has 2 fully saturated rings. The molecule has 2 nitrogen and oxygen atoms in total. The summed E-state index contributed by atoms with van der Waals surface area (Å²) < 4.78 is 21.4. The Hall–Kier alpha value is -0.423. The van der Waals surface area contributed by atoms with E-state index < -0.39 is 8.32 Å². The lowest BCUT2D eigenvalue weighted by Crippen LogP contribution is -2.41. The van der Waals surface area contributed by atoms with Crippen LogP contribution >= 0.6 is 11.6 Å². The van der Waals surface area contributed by atoms with Crippen molar-refractivity contribution in [2.24, 2.45) is 17.3 Å². The molecular weight excluding hydrogens is 377 g/mol. The van der Waals surface area contributed by atoms with Crippen molar-refractivity contribution in [3.05, 3.63) is 34.6 Å². The second kappa shape index (κ2) is 8.14. The first-order chi connectivity index (χ1) is 12.8. The van der Waals surface area contributed by atoms with Gasteiger partial charge in [0.15, 0.2) is 8.32 Å². The van der Waals surface area contributed by atoms with Crippen LogP contribution in [0.1, 0.15) is 59.1 Å². The van der Waals surface area contributed by atoms with Crippen molar-refractivity contribution in [3.63, 3.8) is 0 Å². The molecule has 0 saturated heterocycles. The first-order valence-electron chi connectivity index (χ1n) is 10.6. The van der Waals surface area contributed by atoms with Crippen LogP contribution in [0, 0.1) is 23.1 Å². The van der Waals surface area contributed by atoms with Crippen molar-refractivity contribution >= 4 is 19.9 Å². The van der Waals surface area contributed by atoms with Gasteiger partial charge in [-0.15, -0.1) is 0 Å². The smallest absolute Gasteiger partial charge is 0.192 e. The Labute approximate surface area is 170 Å². The maximum Gasteiger partial charge on any atom is 0.192 e. The molecule has 1 aromatic carbocycles. The highest BCUT2D eigenvalue weighted by Gasteiger charge is 2.61. The predicted octanol–water partition coefficient (Wildman–Crippen LogP) is 6.57. The van der Waals surface area contributed by atoms with Gasteiger partial charge in [-0.3, -0.25) is 0 Å². The van der Waals surface area contributed by atoms with E-state index in [-0.39, 0.29) is 11.9 Å². The van der Waals surface area contributed by atoms with E-state index in [9.17, 15) is 4.39 Å². The molecule has 4 atom stereocenters. The molecule has 2 aliphatic carbocycles. The van der Waals surface area contributed by atoms with Crippen molar-refractivity contribution in [1.29, 1.82) is 0 Å². The van der Waals surface area contributed by atoms with Gasteiger partial charge in [-0.2, -0.15) is 0 Å². The third-order valence-corrected chi connectivity index (χ3v) is 12.6. The van der Waals surface area contributed by atoms with Crippen molar-refractivity contribution in [2.75, 3.05) is 6.54 Å². The molecule has 0 heterocycles. The zero-order valence-corrected chi connectivity index (χ0v) is 19.2. The standard InChI is InChI=1S/C22H35ClFNOSi/c1-6-27(7-2,8-3)26-20(21-18(23)10-9-11-19(21)24)14-25-15-12-16-17(13-15)22(16,4)5/h9-11,15-17,20,25H,6-8,12-14H2,1-5H3/t15-,16+,17-,20?. The summed E-state index contributed by atoms with van der Waals surface area (Å²) in [6.45, 7) is 12.0. The van der Waals surface area contributed by atoms with E-state index >= 15 is 0 Å². The summed E-state index contributed by atoms with van der Waals surface area (Å²) in [5.74, 6) is 1.44. The van der Waals surface area contributed by atoms with Crippen LogP contribution in [0.3, 0.4) is 0 Å². The number of hydrogen-bond acceptors (Lipinski definition) is 2. The summed E-state index contributed by atoms with van der Waals surface area (Å²) in [5, 5.41) is 4.18. The number of hydrogen-bond donors (Lipinski definition) is 1. The van der Waals surface area contributed by atoms with Crippen LogP contribution in [0.2, 0.25) is 23.2 Å². The van der Waals surface area contributed by atoms with Gasteiger partial charge >= 0.3 is 0 Å². The third-order valence-electron chi connectivity index (χ3n) is 7.60. The van der Waals surface area contributed by atoms with Gasteiger partial charge in [0.2, 0.25) is 0 Å². The Balaban J connectivity index is 1.74. The average Bonchev–Trinajstić information content (AvgIpc) is 3.00. The van der Waals surface area contributed by atoms with E-state index in [1.165, 1.54) is 18.9 Å². The number of nitrogens with one attached hydrogen (secondary N) is 1. The van der Waals surface area contributed by atoms with Gasteiger partial charge in [0.05, 0.1) is 6.10 Å². The molecule has 1 unspecified atom stereocenters. The highest BCUT2D eigenvalue weighted by atomic mass is 35.5. The normalized spacial score (nSPS) is 27.4. The van der Waals surface area contributed by atoms with E-state index in [1.807, 2.05) is 0 Å². The Kier molecular flexibility index (Phi) is 6.41. The van der Waals surface area contributed by atoms with Gasteiger partial charge in [0.25, 0.3) is 0 Å². The van der Waals surface area contributed by atoms with Crippen molar-refractivity contribution < 1.29 is 8.82 Å². The van der Waals surface area contributed by atoms with E-state index in [0.29, 0.717) is 28.6 Å². The van der Waals surface area contributed by atoms with Gasteiger partial charge in [-0.1, -0.05) is 52.3 Å². The fraction of sp³-hybridized carbons (Fsp3) is 0.727. The summed E-state index contributed by atoms with van der Waals surface area (Å²) in [4.78, 5) is 0. The lowest BCUT2D eigenvalue weighted by atomic mass is 9.97. The summed E-state index contributed by atoms with van der Waals surface area (Å²) >= 11 is 6.41. The second-order valence-corrected chi connectivity index (χ2v) is 14.2. The quantitative estimate of drug-likeness (QED) is 0.464. The Morgan fingerprint density at radius 2 is 1.78 bits per heavy atom. The van der Waals surface area contributed by atoms with Crippen molar-refractivity contribution in [1.82, 2.24) is 5.32 Å². The highest BCUT2D eigenvalue weighted by molar-refractivity contribution is 6.73. The molecule has 0 amide bonds. The molecule has 5 heteroatoms. The lowest BCUT2D eigenvalue weighted by molar-refractivity contribution is 0.174. The maximum atomic E-state index is 14.7. The topological polar surface area (TPSA) is 21.3 Å². The van der Waals surface area contributed by atoms with Crippen LogP contribution in [0.25, 0.3) is 0 Å². The molecule has 2 aliphatic rings. The largest absolute Gasteiger partial charge is 0.408 e. The second-order valence-electron chi connectivity index (χ2n) is 9.10. The average molecular weight is 412 g/mol. The molecule has 1 N–H and O–H groups in total. The molecule has 152 valence electrons. The molecular formula is C22H35ClFNOSi. The fourth-order valence-corrected chi connectivity index (χ4v) is 8.36. The van der Waals surface area contributed by atoms with Crippen LogP contribution in [-0.4, -0.2) is 20.9 Å². The van der Waals surface area contributed by atoms with Gasteiger partial charge in [-0.05, 0) is 60.4 Å². The summed E-state index contributed by atoms with van der Waals surface area (Å²) in [5.41, 5.74) is 1.06. The Morgan fingerprint density at radius 1 is 1.19 bits per heavy atom. The first kappa shape index (κ1) is 21.3. The van der Waals surface area contributed by atoms with Crippen molar-refractivity contribution in [2.45, 2.75) is 77.7 Å². The lowest BCUT2D eigenvalue weighted by Gasteiger charge is -2.35. The molecule has 0 aliphatic heterocycles. The molecule has 2 saturated carbocycles. The number of halogens is 2. The molecule has 27 heavy (non-hydrogen) atoms. The molecule has 0 radical (unpaired) electrons. The minimum Gasteiger partial charge on any atom is -0.408 e. The summed E-state index contributed by atoms with van der Waals surface area (Å²) in [6, 6.07) is 8.60. The predicted molar refractivity (Wildman–Crippen MR) is 114 cm³/mol. The summed E-state index contributed by atoms with van der Waals surface area (Å²) in [7, 11) is -1.88. The van der Waals surface area contributed by atoms with Crippen LogP contribution in [0.5, 0.6) is 0 Å². The zero-order valence-electron chi connectivity index (χ0n) is 17.4. The third kappa shape index (κ3) is 4.14. The molecule has 3 rings (SSSR count). The molecule has 0 spiro atoms. The van der Waals surface area contributed by atoms with Gasteiger partial charge in [0.1, 0.15) is 5.82 Å². The van der Waals surface area contributed by atoms with E-state index in [0.717, 1.165) is 30.0 Å². The van der Waals surface area contributed by atoms with E-state index in [1.54, 1.807) is 12.1 Å². The van der Waals surface area contributed by atoms with E-state index in [4.69, 9.17) is 16.0 Å². The van der Waals surface area contributed by atoms with Crippen molar-refractivity contribution in [3.8, 4) is 0 Å². The number of benzene rings is 1. The zero-order chi connectivity index (χ0) is 19.8. The monoisotopic (exact) mass is 411 g/mol. The number of fused-ring (bicyclic) bond motifs is 1.